The molecule has 0 aliphatic carbocycles. The van der Waals surface area contributed by atoms with Crippen LogP contribution in [0.3, 0.4) is 0 Å². The summed E-state index contributed by atoms with van der Waals surface area (Å²) < 4.78 is 18.8. The second kappa shape index (κ2) is 10.3. The summed E-state index contributed by atoms with van der Waals surface area (Å²) in [6.45, 7) is 1.28. The number of carboxylic acid groups (broad SMARTS) is 1. The number of amides is 1. The fourth-order valence-corrected chi connectivity index (χ4v) is 4.76. The average molecular weight is 503 g/mol. The van der Waals surface area contributed by atoms with Gasteiger partial charge in [-0.05, 0) is 55.9 Å². The topological polar surface area (TPSA) is 106 Å². The highest BCUT2D eigenvalue weighted by Crippen LogP contribution is 2.29. The Morgan fingerprint density at radius 3 is 2.54 bits per heavy atom. The molecule has 10 heteroatoms. The predicted octanol–water partition coefficient (Wildman–Crippen LogP) is 3.92. The van der Waals surface area contributed by atoms with Gasteiger partial charge in [0.2, 0.25) is 0 Å². The van der Waals surface area contributed by atoms with Gasteiger partial charge in [0.05, 0.1) is 28.8 Å². The van der Waals surface area contributed by atoms with Gasteiger partial charge in [0.15, 0.2) is 0 Å². The van der Waals surface area contributed by atoms with Crippen molar-refractivity contribution in [2.45, 2.75) is 32.1 Å². The first-order valence-corrected chi connectivity index (χ1v) is 12.3. The van der Waals surface area contributed by atoms with Crippen molar-refractivity contribution in [3.05, 3.63) is 83.2 Å². The van der Waals surface area contributed by atoms with Crippen LogP contribution in [-0.4, -0.2) is 59.7 Å². The van der Waals surface area contributed by atoms with E-state index >= 15 is 4.39 Å². The van der Waals surface area contributed by atoms with Gasteiger partial charge in [-0.25, -0.2) is 13.9 Å². The number of piperidine rings is 1. The van der Waals surface area contributed by atoms with Gasteiger partial charge in [-0.1, -0.05) is 29.5 Å². The summed E-state index contributed by atoms with van der Waals surface area (Å²) in [4.78, 5) is 26.6. The second-order valence-electron chi connectivity index (χ2n) is 9.18. The minimum absolute atomic E-state index is 0.0571. The van der Waals surface area contributed by atoms with Gasteiger partial charge in [0.25, 0.3) is 5.91 Å². The van der Waals surface area contributed by atoms with Gasteiger partial charge >= 0.3 is 5.97 Å². The number of aromatic nitrogens is 5. The van der Waals surface area contributed by atoms with Crippen LogP contribution in [0, 0.1) is 5.82 Å². The van der Waals surface area contributed by atoms with Crippen molar-refractivity contribution in [2.75, 3.05) is 13.1 Å². The maximum absolute atomic E-state index is 15.6. The fraction of sp³-hybridized carbons (Fsp3) is 0.296. The molecule has 3 heterocycles. The quantitative estimate of drug-likeness (QED) is 0.411. The summed E-state index contributed by atoms with van der Waals surface area (Å²) in [6.07, 6.45) is 6.89. The number of hydrogen-bond donors (Lipinski definition) is 1. The summed E-state index contributed by atoms with van der Waals surface area (Å²) >= 11 is 0. The normalized spacial score (nSPS) is 13.6. The molecule has 0 unspecified atom stereocenters. The van der Waals surface area contributed by atoms with Gasteiger partial charge in [0.1, 0.15) is 11.4 Å². The average Bonchev–Trinajstić information content (AvgIpc) is 3.53. The lowest BCUT2D eigenvalue weighted by Gasteiger charge is -2.27. The number of aromatic carboxylic acids is 1. The largest absolute Gasteiger partial charge is 0.478 e. The van der Waals surface area contributed by atoms with E-state index in [9.17, 15) is 14.7 Å². The van der Waals surface area contributed by atoms with Crippen molar-refractivity contribution < 1.29 is 19.1 Å². The van der Waals surface area contributed by atoms with E-state index in [1.807, 2.05) is 0 Å². The van der Waals surface area contributed by atoms with Gasteiger partial charge in [-0.3, -0.25) is 9.48 Å². The summed E-state index contributed by atoms with van der Waals surface area (Å²) in [6, 6.07) is 11.9. The van der Waals surface area contributed by atoms with E-state index in [2.05, 4.69) is 15.4 Å². The minimum atomic E-state index is -1.08. The summed E-state index contributed by atoms with van der Waals surface area (Å²) in [5.41, 5.74) is 2.84. The Bertz CT molecular complexity index is 1450. The van der Waals surface area contributed by atoms with Crippen molar-refractivity contribution in [3.8, 4) is 16.8 Å². The van der Waals surface area contributed by atoms with Crippen LogP contribution in [-0.2, 0) is 19.9 Å². The maximum atomic E-state index is 15.6. The molecule has 4 aromatic rings. The molecule has 1 N–H and O–H groups in total. The number of carbonyl (C=O) groups excluding carboxylic acids is 1. The van der Waals surface area contributed by atoms with E-state index in [0.717, 1.165) is 25.0 Å². The van der Waals surface area contributed by atoms with Crippen LogP contribution in [0.25, 0.3) is 16.8 Å². The number of carboxylic acids is 1. The molecule has 1 saturated heterocycles. The minimum Gasteiger partial charge on any atom is -0.478 e. The number of aryl methyl sites for hydroxylation is 2. The smallest absolute Gasteiger partial charge is 0.339 e. The van der Waals surface area contributed by atoms with Gasteiger partial charge < -0.3 is 10.0 Å². The molecule has 2 aromatic heterocycles. The van der Waals surface area contributed by atoms with E-state index in [1.165, 1.54) is 12.3 Å². The Balaban J connectivity index is 1.48. The number of halogens is 1. The van der Waals surface area contributed by atoms with Gasteiger partial charge in [-0.15, -0.1) is 5.10 Å². The molecule has 0 saturated carbocycles. The Morgan fingerprint density at radius 1 is 1.03 bits per heavy atom. The van der Waals surface area contributed by atoms with Crippen LogP contribution in [0.4, 0.5) is 4.39 Å². The number of likely N-dealkylation sites (tertiary alicyclic amines) is 1. The summed E-state index contributed by atoms with van der Waals surface area (Å²) in [5, 5.41) is 22.0. The van der Waals surface area contributed by atoms with E-state index in [1.54, 1.807) is 63.9 Å². The van der Waals surface area contributed by atoms with Crippen molar-refractivity contribution in [1.29, 1.82) is 0 Å². The Morgan fingerprint density at radius 2 is 1.81 bits per heavy atom. The summed E-state index contributed by atoms with van der Waals surface area (Å²) in [5.74, 6) is -1.93. The highest BCUT2D eigenvalue weighted by Gasteiger charge is 2.23. The highest BCUT2D eigenvalue weighted by molar-refractivity contribution is 5.96. The van der Waals surface area contributed by atoms with Crippen molar-refractivity contribution in [3.63, 3.8) is 0 Å². The standard InChI is InChI=1S/C27H27FN6O3/c1-32-17-19(30-31-32)11-12-24-23(27(36)37)16-29-34(24)20-8-5-7-18(15-20)21-9-6-10-22(25(21)28)26(35)33-13-3-2-4-14-33/h5-10,15-17H,2-4,11-14H2,1H3,(H,36,37). The first-order chi connectivity index (χ1) is 17.9. The van der Waals surface area contributed by atoms with Gasteiger partial charge in [-0.2, -0.15) is 5.10 Å². The first kappa shape index (κ1) is 24.4. The molecule has 190 valence electrons. The highest BCUT2D eigenvalue weighted by atomic mass is 19.1. The maximum Gasteiger partial charge on any atom is 0.339 e. The number of nitrogens with zero attached hydrogens (tertiary/aromatic N) is 6. The molecule has 1 fully saturated rings. The molecule has 9 nitrogen and oxygen atoms in total. The lowest BCUT2D eigenvalue weighted by molar-refractivity contribution is 0.0692. The molecule has 1 amide bonds. The van der Waals surface area contributed by atoms with Crippen LogP contribution in [0.5, 0.6) is 0 Å². The zero-order valence-electron chi connectivity index (χ0n) is 20.5. The number of rotatable bonds is 7. The Kier molecular flexibility index (Phi) is 6.80. The number of benzene rings is 2. The van der Waals surface area contributed by atoms with Crippen molar-refractivity contribution >= 4 is 11.9 Å². The molecule has 5 rings (SSSR count). The summed E-state index contributed by atoms with van der Waals surface area (Å²) in [7, 11) is 1.77. The third-order valence-electron chi connectivity index (χ3n) is 6.64. The van der Waals surface area contributed by atoms with Crippen LogP contribution in [0.15, 0.2) is 54.9 Å². The zero-order valence-corrected chi connectivity index (χ0v) is 20.5. The van der Waals surface area contributed by atoms with Crippen molar-refractivity contribution in [1.82, 2.24) is 29.7 Å². The van der Waals surface area contributed by atoms with Crippen LogP contribution in [0.2, 0.25) is 0 Å². The third kappa shape index (κ3) is 5.00. The van der Waals surface area contributed by atoms with E-state index in [-0.39, 0.29) is 17.0 Å². The second-order valence-corrected chi connectivity index (χ2v) is 9.18. The zero-order chi connectivity index (χ0) is 25.9. The van der Waals surface area contributed by atoms with E-state index in [4.69, 9.17) is 0 Å². The molecular formula is C27H27FN6O3. The van der Waals surface area contributed by atoms with Crippen LogP contribution >= 0.6 is 0 Å². The Hall–Kier alpha value is -4.34. The Labute approximate surface area is 213 Å². The molecule has 37 heavy (non-hydrogen) atoms. The molecule has 2 aromatic carbocycles. The monoisotopic (exact) mass is 502 g/mol. The first-order valence-electron chi connectivity index (χ1n) is 12.3. The molecular weight excluding hydrogens is 475 g/mol. The number of hydrogen-bond acceptors (Lipinski definition) is 5. The van der Waals surface area contributed by atoms with Gasteiger partial charge in [0, 0.05) is 31.9 Å². The van der Waals surface area contributed by atoms with Crippen molar-refractivity contribution in [2.24, 2.45) is 7.05 Å². The molecule has 1 aliphatic rings. The predicted molar refractivity (Wildman–Crippen MR) is 134 cm³/mol. The molecule has 0 radical (unpaired) electrons. The fourth-order valence-electron chi connectivity index (χ4n) is 4.76. The number of carbonyl (C=O) groups is 2. The third-order valence-corrected chi connectivity index (χ3v) is 6.64. The lowest BCUT2D eigenvalue weighted by Crippen LogP contribution is -2.36. The SMILES string of the molecule is Cn1cc(CCc2c(C(=O)O)cnn2-c2cccc(-c3cccc(C(=O)N4CCCCC4)c3F)c2)nn1. The molecule has 0 atom stereocenters. The van der Waals surface area contributed by atoms with E-state index < -0.39 is 11.8 Å². The molecule has 0 spiro atoms. The molecule has 1 aliphatic heterocycles. The van der Waals surface area contributed by atoms with Crippen LogP contribution in [0.1, 0.15) is 51.4 Å². The molecule has 0 bridgehead atoms. The van der Waals surface area contributed by atoms with E-state index in [0.29, 0.717) is 48.4 Å². The lowest BCUT2D eigenvalue weighted by atomic mass is 10.00. The van der Waals surface area contributed by atoms with Crippen LogP contribution < -0.4 is 0 Å².